The average molecular weight is 316 g/mol. The van der Waals surface area contributed by atoms with E-state index < -0.39 is 5.95 Å². The molecule has 88 valence electrons. The molecule has 2 N–H and O–H groups in total. The Hall–Kier alpha value is -0.970. The van der Waals surface area contributed by atoms with Gasteiger partial charge in [0.2, 0.25) is 5.95 Å². The van der Waals surface area contributed by atoms with Crippen molar-refractivity contribution in [3.63, 3.8) is 0 Å². The Morgan fingerprint density at radius 1 is 1.29 bits per heavy atom. The molecule has 0 bridgehead atoms. The molecule has 0 fully saturated rings. The van der Waals surface area contributed by atoms with Crippen LogP contribution < -0.4 is 5.73 Å². The van der Waals surface area contributed by atoms with Crippen LogP contribution in [-0.4, -0.2) is 4.98 Å². The summed E-state index contributed by atoms with van der Waals surface area (Å²) in [5, 5.41) is 0.572. The molecule has 0 atom stereocenters. The van der Waals surface area contributed by atoms with Crippen LogP contribution in [0.4, 0.5) is 4.39 Å². The number of halogens is 3. The lowest BCUT2D eigenvalue weighted by Gasteiger charge is -2.08. The molecule has 0 saturated carbocycles. The molecule has 0 aliphatic heterocycles. The zero-order valence-electron chi connectivity index (χ0n) is 8.75. The van der Waals surface area contributed by atoms with Gasteiger partial charge in [-0.3, -0.25) is 0 Å². The van der Waals surface area contributed by atoms with Gasteiger partial charge in [0.1, 0.15) is 0 Å². The number of aromatic nitrogens is 1. The molecule has 0 aliphatic carbocycles. The fourth-order valence-corrected chi connectivity index (χ4v) is 1.93. The van der Waals surface area contributed by atoms with Gasteiger partial charge < -0.3 is 5.73 Å². The second kappa shape index (κ2) is 5.12. The van der Waals surface area contributed by atoms with Gasteiger partial charge in [-0.05, 0) is 45.8 Å². The Morgan fingerprint density at radius 3 is 2.71 bits per heavy atom. The summed E-state index contributed by atoms with van der Waals surface area (Å²) in [5.74, 6) is -0.551. The van der Waals surface area contributed by atoms with Crippen molar-refractivity contribution in [2.24, 2.45) is 5.73 Å². The molecule has 17 heavy (non-hydrogen) atoms. The van der Waals surface area contributed by atoms with Crippen LogP contribution >= 0.6 is 27.5 Å². The zero-order chi connectivity index (χ0) is 12.4. The van der Waals surface area contributed by atoms with Gasteiger partial charge in [-0.2, -0.15) is 4.39 Å². The smallest absolute Gasteiger partial charge is 0.227 e. The lowest BCUT2D eigenvalue weighted by molar-refractivity contribution is 0.578. The number of benzene rings is 1. The van der Waals surface area contributed by atoms with Crippen LogP contribution in [0.5, 0.6) is 0 Å². The minimum Gasteiger partial charge on any atom is -0.326 e. The number of nitrogens with zero attached hydrogens (tertiary/aromatic N) is 1. The number of rotatable bonds is 2. The minimum atomic E-state index is -0.551. The zero-order valence-corrected chi connectivity index (χ0v) is 11.1. The van der Waals surface area contributed by atoms with Gasteiger partial charge in [0.15, 0.2) is 0 Å². The maximum Gasteiger partial charge on any atom is 0.227 e. The van der Waals surface area contributed by atoms with Crippen LogP contribution in [0.15, 0.2) is 34.8 Å². The molecule has 0 unspecified atom stereocenters. The first kappa shape index (κ1) is 12.5. The summed E-state index contributed by atoms with van der Waals surface area (Å²) in [5.41, 5.74) is 7.79. The molecule has 1 aromatic heterocycles. The summed E-state index contributed by atoms with van der Waals surface area (Å²) in [7, 11) is 0. The van der Waals surface area contributed by atoms with E-state index in [2.05, 4.69) is 20.9 Å². The molecular formula is C12H9BrClFN2. The number of pyridine rings is 1. The third-order valence-electron chi connectivity index (χ3n) is 2.37. The van der Waals surface area contributed by atoms with E-state index in [1.165, 1.54) is 0 Å². The molecule has 2 aromatic rings. The van der Waals surface area contributed by atoms with E-state index in [-0.39, 0.29) is 0 Å². The third kappa shape index (κ3) is 2.65. The highest BCUT2D eigenvalue weighted by Gasteiger charge is 2.09. The van der Waals surface area contributed by atoms with Gasteiger partial charge in [-0.15, -0.1) is 0 Å². The SMILES string of the molecule is NCc1ccc(Cl)cc1-c1ccc(Br)c(F)n1. The van der Waals surface area contributed by atoms with Crippen LogP contribution in [0, 0.1) is 5.95 Å². The predicted octanol–water partition coefficient (Wildman–Crippen LogP) is 3.76. The van der Waals surface area contributed by atoms with Crippen LogP contribution in [0.25, 0.3) is 11.3 Å². The number of hydrogen-bond acceptors (Lipinski definition) is 2. The van der Waals surface area contributed by atoms with Gasteiger partial charge >= 0.3 is 0 Å². The van der Waals surface area contributed by atoms with Crippen molar-refractivity contribution in [3.8, 4) is 11.3 Å². The third-order valence-corrected chi connectivity index (χ3v) is 3.20. The minimum absolute atomic E-state index is 0.331. The Morgan fingerprint density at radius 2 is 2.06 bits per heavy atom. The van der Waals surface area contributed by atoms with Gasteiger partial charge in [-0.25, -0.2) is 4.98 Å². The quantitative estimate of drug-likeness (QED) is 0.857. The topological polar surface area (TPSA) is 38.9 Å². The summed E-state index contributed by atoms with van der Waals surface area (Å²) >= 11 is 8.99. The van der Waals surface area contributed by atoms with E-state index in [1.807, 2.05) is 6.07 Å². The number of nitrogens with two attached hydrogens (primary N) is 1. The van der Waals surface area contributed by atoms with Gasteiger partial charge in [0.05, 0.1) is 10.2 Å². The maximum atomic E-state index is 13.4. The lowest BCUT2D eigenvalue weighted by atomic mass is 10.0. The van der Waals surface area contributed by atoms with E-state index in [0.717, 1.165) is 11.1 Å². The first-order valence-corrected chi connectivity index (χ1v) is 6.10. The lowest BCUT2D eigenvalue weighted by Crippen LogP contribution is -2.00. The second-order valence-corrected chi connectivity index (χ2v) is 4.77. The molecule has 0 aliphatic rings. The van der Waals surface area contributed by atoms with Crippen molar-refractivity contribution < 1.29 is 4.39 Å². The average Bonchev–Trinajstić information content (AvgIpc) is 2.32. The molecule has 1 heterocycles. The van der Waals surface area contributed by atoms with Crippen molar-refractivity contribution in [2.45, 2.75) is 6.54 Å². The van der Waals surface area contributed by atoms with Crippen molar-refractivity contribution in [1.82, 2.24) is 4.98 Å². The van der Waals surface area contributed by atoms with Crippen molar-refractivity contribution >= 4 is 27.5 Å². The highest BCUT2D eigenvalue weighted by molar-refractivity contribution is 9.10. The summed E-state index contributed by atoms with van der Waals surface area (Å²) < 4.78 is 13.7. The van der Waals surface area contributed by atoms with Crippen molar-refractivity contribution in [3.05, 3.63) is 51.3 Å². The molecule has 0 radical (unpaired) electrons. The van der Waals surface area contributed by atoms with E-state index in [9.17, 15) is 4.39 Å². The molecular weight excluding hydrogens is 307 g/mol. The fraction of sp³-hybridized carbons (Fsp3) is 0.0833. The molecule has 0 spiro atoms. The van der Waals surface area contributed by atoms with Crippen LogP contribution in [0.2, 0.25) is 5.02 Å². The molecule has 5 heteroatoms. The first-order chi connectivity index (χ1) is 8.11. The predicted molar refractivity (Wildman–Crippen MR) is 70.2 cm³/mol. The first-order valence-electron chi connectivity index (χ1n) is 4.92. The van der Waals surface area contributed by atoms with Gasteiger partial charge in [0, 0.05) is 17.1 Å². The summed E-state index contributed by atoms with van der Waals surface area (Å²) in [4.78, 5) is 3.86. The van der Waals surface area contributed by atoms with Crippen molar-refractivity contribution in [2.75, 3.05) is 0 Å². The molecule has 1 aromatic carbocycles. The Bertz CT molecular complexity index is 560. The maximum absolute atomic E-state index is 13.4. The molecule has 0 amide bonds. The highest BCUT2D eigenvalue weighted by atomic mass is 79.9. The highest BCUT2D eigenvalue weighted by Crippen LogP contribution is 2.27. The molecule has 0 saturated heterocycles. The van der Waals surface area contributed by atoms with Crippen LogP contribution in [-0.2, 0) is 6.54 Å². The van der Waals surface area contributed by atoms with E-state index in [0.29, 0.717) is 21.7 Å². The van der Waals surface area contributed by atoms with Gasteiger partial charge in [0.25, 0.3) is 0 Å². The van der Waals surface area contributed by atoms with Crippen molar-refractivity contribution in [1.29, 1.82) is 0 Å². The van der Waals surface area contributed by atoms with E-state index in [4.69, 9.17) is 17.3 Å². The standard InChI is InChI=1S/C12H9BrClFN2/c13-10-3-4-11(17-12(10)15)9-5-8(14)2-1-7(9)6-16/h1-5H,6,16H2. The second-order valence-electron chi connectivity index (χ2n) is 3.47. The Balaban J connectivity index is 2.58. The largest absolute Gasteiger partial charge is 0.326 e. The summed E-state index contributed by atoms with van der Waals surface area (Å²) in [6.45, 7) is 0.353. The van der Waals surface area contributed by atoms with Crippen LogP contribution in [0.3, 0.4) is 0 Å². The monoisotopic (exact) mass is 314 g/mol. The molecule has 2 nitrogen and oxygen atoms in total. The van der Waals surface area contributed by atoms with E-state index in [1.54, 1.807) is 24.3 Å². The Labute approximate surface area is 112 Å². The molecule has 2 rings (SSSR count). The normalized spacial score (nSPS) is 10.6. The van der Waals surface area contributed by atoms with Gasteiger partial charge in [-0.1, -0.05) is 17.7 Å². The Kier molecular flexibility index (Phi) is 3.76. The summed E-state index contributed by atoms with van der Waals surface area (Å²) in [6.07, 6.45) is 0. The summed E-state index contributed by atoms with van der Waals surface area (Å²) in [6, 6.07) is 8.64. The number of hydrogen-bond donors (Lipinski definition) is 1. The van der Waals surface area contributed by atoms with E-state index >= 15 is 0 Å². The fourth-order valence-electron chi connectivity index (χ4n) is 1.53. The van der Waals surface area contributed by atoms with Crippen LogP contribution in [0.1, 0.15) is 5.56 Å².